The third-order valence-electron chi connectivity index (χ3n) is 3.37. The second-order valence-electron chi connectivity index (χ2n) is 4.94. The van der Waals surface area contributed by atoms with Gasteiger partial charge in [-0.25, -0.2) is 4.98 Å². The van der Waals surface area contributed by atoms with Gasteiger partial charge in [0.25, 0.3) is 0 Å². The van der Waals surface area contributed by atoms with Gasteiger partial charge in [0.05, 0.1) is 25.0 Å². The van der Waals surface area contributed by atoms with Crippen LogP contribution in [0.25, 0.3) is 0 Å². The average molecular weight is 286 g/mol. The number of likely N-dealkylation sites (N-methyl/N-ethyl adjacent to an activating group) is 1. The molecule has 0 aliphatic heterocycles. The van der Waals surface area contributed by atoms with Crippen LogP contribution in [0.4, 0.5) is 5.69 Å². The van der Waals surface area contributed by atoms with E-state index >= 15 is 0 Å². The summed E-state index contributed by atoms with van der Waals surface area (Å²) in [6.07, 6.45) is 5.20. The zero-order valence-corrected chi connectivity index (χ0v) is 12.6. The van der Waals surface area contributed by atoms with Crippen molar-refractivity contribution in [2.24, 2.45) is 0 Å². The Labute approximate surface area is 125 Å². The van der Waals surface area contributed by atoms with E-state index in [2.05, 4.69) is 27.1 Å². The summed E-state index contributed by atoms with van der Waals surface area (Å²) >= 11 is 0. The Morgan fingerprint density at radius 2 is 2.14 bits per heavy atom. The molecule has 5 heteroatoms. The third kappa shape index (κ3) is 4.08. The molecule has 1 aromatic carbocycles. The molecule has 0 aliphatic rings. The number of carbonyl (C=O) groups excluding carboxylic acids is 1. The third-order valence-corrected chi connectivity index (χ3v) is 3.37. The van der Waals surface area contributed by atoms with Crippen LogP contribution in [0.3, 0.4) is 0 Å². The fraction of sp³-hybridized carbons (Fsp3) is 0.375. The van der Waals surface area contributed by atoms with Crippen LogP contribution in [-0.4, -0.2) is 22.5 Å². The van der Waals surface area contributed by atoms with E-state index < -0.39 is 0 Å². The SMILES string of the molecule is CCCn1cncc1CNc1ccccc1CC(=O)NC. The number of benzene rings is 1. The largest absolute Gasteiger partial charge is 0.379 e. The van der Waals surface area contributed by atoms with Gasteiger partial charge >= 0.3 is 0 Å². The average Bonchev–Trinajstić information content (AvgIpc) is 2.94. The zero-order valence-electron chi connectivity index (χ0n) is 12.6. The number of rotatable bonds is 7. The molecule has 21 heavy (non-hydrogen) atoms. The lowest BCUT2D eigenvalue weighted by Crippen LogP contribution is -2.20. The minimum atomic E-state index is 0.0141. The Hall–Kier alpha value is -2.30. The maximum atomic E-state index is 11.6. The van der Waals surface area contributed by atoms with Crippen molar-refractivity contribution in [3.63, 3.8) is 0 Å². The van der Waals surface area contributed by atoms with Crippen LogP contribution < -0.4 is 10.6 Å². The summed E-state index contributed by atoms with van der Waals surface area (Å²) in [5.74, 6) is 0.0141. The smallest absolute Gasteiger partial charge is 0.224 e. The van der Waals surface area contributed by atoms with Gasteiger partial charge in [0, 0.05) is 25.5 Å². The molecule has 0 spiro atoms. The van der Waals surface area contributed by atoms with Gasteiger partial charge in [-0.05, 0) is 18.1 Å². The summed E-state index contributed by atoms with van der Waals surface area (Å²) in [4.78, 5) is 15.7. The van der Waals surface area contributed by atoms with Crippen molar-refractivity contribution in [1.82, 2.24) is 14.9 Å². The van der Waals surface area contributed by atoms with Gasteiger partial charge in [-0.15, -0.1) is 0 Å². The van der Waals surface area contributed by atoms with Crippen LogP contribution in [0.5, 0.6) is 0 Å². The van der Waals surface area contributed by atoms with E-state index in [1.165, 1.54) is 0 Å². The van der Waals surface area contributed by atoms with E-state index in [9.17, 15) is 4.79 Å². The molecule has 0 fully saturated rings. The second kappa shape index (κ2) is 7.47. The molecule has 0 saturated heterocycles. The summed E-state index contributed by atoms with van der Waals surface area (Å²) < 4.78 is 2.15. The normalized spacial score (nSPS) is 10.4. The molecule has 0 saturated carbocycles. The van der Waals surface area contributed by atoms with Gasteiger partial charge in [0.1, 0.15) is 0 Å². The molecule has 112 valence electrons. The van der Waals surface area contributed by atoms with Crippen molar-refractivity contribution < 1.29 is 4.79 Å². The monoisotopic (exact) mass is 286 g/mol. The lowest BCUT2D eigenvalue weighted by atomic mass is 10.1. The minimum absolute atomic E-state index is 0.0141. The van der Waals surface area contributed by atoms with Gasteiger partial charge in [-0.2, -0.15) is 0 Å². The first kappa shape index (κ1) is 15.1. The highest BCUT2D eigenvalue weighted by Crippen LogP contribution is 2.17. The maximum absolute atomic E-state index is 11.6. The number of amides is 1. The number of anilines is 1. The summed E-state index contributed by atoms with van der Waals surface area (Å²) in [6, 6.07) is 7.89. The number of nitrogens with one attached hydrogen (secondary N) is 2. The van der Waals surface area contributed by atoms with Crippen molar-refractivity contribution in [3.05, 3.63) is 48.0 Å². The number of carbonyl (C=O) groups is 1. The predicted molar refractivity (Wildman–Crippen MR) is 84.1 cm³/mol. The lowest BCUT2D eigenvalue weighted by Gasteiger charge is -2.13. The number of aryl methyl sites for hydroxylation is 1. The van der Waals surface area contributed by atoms with Crippen molar-refractivity contribution in [1.29, 1.82) is 0 Å². The van der Waals surface area contributed by atoms with Crippen LogP contribution >= 0.6 is 0 Å². The van der Waals surface area contributed by atoms with Crippen molar-refractivity contribution in [3.8, 4) is 0 Å². The van der Waals surface area contributed by atoms with E-state index in [1.807, 2.05) is 36.8 Å². The molecule has 5 nitrogen and oxygen atoms in total. The zero-order chi connectivity index (χ0) is 15.1. The highest BCUT2D eigenvalue weighted by Gasteiger charge is 2.07. The Kier molecular flexibility index (Phi) is 5.37. The van der Waals surface area contributed by atoms with Crippen LogP contribution in [0, 0.1) is 0 Å². The quantitative estimate of drug-likeness (QED) is 0.820. The van der Waals surface area contributed by atoms with E-state index in [-0.39, 0.29) is 5.91 Å². The van der Waals surface area contributed by atoms with Crippen LogP contribution in [-0.2, 0) is 24.3 Å². The van der Waals surface area contributed by atoms with Crippen molar-refractivity contribution in [2.75, 3.05) is 12.4 Å². The van der Waals surface area contributed by atoms with Crippen molar-refractivity contribution >= 4 is 11.6 Å². The fourth-order valence-electron chi connectivity index (χ4n) is 2.23. The fourth-order valence-corrected chi connectivity index (χ4v) is 2.23. The van der Waals surface area contributed by atoms with Gasteiger partial charge < -0.3 is 15.2 Å². The van der Waals surface area contributed by atoms with Gasteiger partial charge in [0.15, 0.2) is 0 Å². The van der Waals surface area contributed by atoms with E-state index in [1.54, 1.807) is 7.05 Å². The van der Waals surface area contributed by atoms with Crippen molar-refractivity contribution in [2.45, 2.75) is 32.9 Å². The van der Waals surface area contributed by atoms with Gasteiger partial charge in [-0.1, -0.05) is 25.1 Å². The highest BCUT2D eigenvalue weighted by molar-refractivity contribution is 5.80. The molecule has 1 aromatic heterocycles. The molecule has 0 aliphatic carbocycles. The topological polar surface area (TPSA) is 59.0 Å². The lowest BCUT2D eigenvalue weighted by molar-refractivity contribution is -0.119. The van der Waals surface area contributed by atoms with Gasteiger partial charge in [0.2, 0.25) is 5.91 Å². The Morgan fingerprint density at radius 3 is 2.90 bits per heavy atom. The summed E-state index contributed by atoms with van der Waals surface area (Å²) in [5.41, 5.74) is 3.13. The Balaban J connectivity index is 2.05. The number of nitrogens with zero attached hydrogens (tertiary/aromatic N) is 2. The molecule has 0 unspecified atom stereocenters. The minimum Gasteiger partial charge on any atom is -0.379 e. The second-order valence-corrected chi connectivity index (χ2v) is 4.94. The molecule has 1 amide bonds. The van der Waals surface area contributed by atoms with E-state index in [0.29, 0.717) is 13.0 Å². The van der Waals surface area contributed by atoms with Crippen LogP contribution in [0.2, 0.25) is 0 Å². The molecule has 2 aromatic rings. The molecule has 2 N–H and O–H groups in total. The Morgan fingerprint density at radius 1 is 1.33 bits per heavy atom. The highest BCUT2D eigenvalue weighted by atomic mass is 16.1. The first-order chi connectivity index (χ1) is 10.2. The van der Waals surface area contributed by atoms with E-state index in [4.69, 9.17) is 0 Å². The van der Waals surface area contributed by atoms with E-state index in [0.717, 1.165) is 29.9 Å². The molecule has 0 radical (unpaired) electrons. The molecule has 0 atom stereocenters. The number of aromatic nitrogens is 2. The van der Waals surface area contributed by atoms with Gasteiger partial charge in [-0.3, -0.25) is 4.79 Å². The number of hydrogen-bond donors (Lipinski definition) is 2. The molecular weight excluding hydrogens is 264 g/mol. The first-order valence-corrected chi connectivity index (χ1v) is 7.26. The first-order valence-electron chi connectivity index (χ1n) is 7.26. The number of hydrogen-bond acceptors (Lipinski definition) is 3. The summed E-state index contributed by atoms with van der Waals surface area (Å²) in [6.45, 7) is 3.82. The van der Waals surface area contributed by atoms with Crippen LogP contribution in [0.15, 0.2) is 36.8 Å². The van der Waals surface area contributed by atoms with Crippen LogP contribution in [0.1, 0.15) is 24.6 Å². The Bertz CT molecular complexity index is 591. The molecule has 2 rings (SSSR count). The number of imidazole rings is 1. The predicted octanol–water partition coefficient (Wildman–Crippen LogP) is 2.19. The maximum Gasteiger partial charge on any atom is 0.224 e. The molecular formula is C16H22N4O. The number of para-hydroxylation sites is 1. The summed E-state index contributed by atoms with van der Waals surface area (Å²) in [7, 11) is 1.65. The summed E-state index contributed by atoms with van der Waals surface area (Å²) in [5, 5.41) is 6.06. The standard InChI is InChI=1S/C16H22N4O/c1-3-8-20-12-18-10-14(20)11-19-15-7-5-4-6-13(15)9-16(21)17-2/h4-7,10,12,19H,3,8-9,11H2,1-2H3,(H,17,21). The molecule has 1 heterocycles. The molecule has 0 bridgehead atoms.